The summed E-state index contributed by atoms with van der Waals surface area (Å²) in [5.74, 6) is 0.559. The molecule has 5 heteroatoms. The zero-order valence-corrected chi connectivity index (χ0v) is 13.1. The third-order valence-corrected chi connectivity index (χ3v) is 3.39. The van der Waals surface area contributed by atoms with Crippen LogP contribution in [-0.4, -0.2) is 12.5 Å². The zero-order valence-electron chi connectivity index (χ0n) is 13.1. The van der Waals surface area contributed by atoms with Crippen molar-refractivity contribution in [2.45, 2.75) is 6.92 Å². The Morgan fingerprint density at radius 1 is 1.08 bits per heavy atom. The first-order chi connectivity index (χ1) is 11.7. The SMILES string of the molecule is CCOc1ccccc1NC(=O)c1ccc(-c2ccc(F)cc2)o1. The van der Waals surface area contributed by atoms with Gasteiger partial charge in [-0.3, -0.25) is 4.79 Å². The standard InChI is InChI=1S/C19H16FNO3/c1-2-23-17-6-4-3-5-15(17)21-19(22)18-12-11-16(24-18)13-7-9-14(20)10-8-13/h3-12H,2H2,1H3,(H,21,22). The van der Waals surface area contributed by atoms with Crippen LogP contribution in [0.1, 0.15) is 17.5 Å². The normalized spacial score (nSPS) is 10.4. The van der Waals surface area contributed by atoms with E-state index in [1.807, 2.05) is 19.1 Å². The molecule has 0 unspecified atom stereocenters. The van der Waals surface area contributed by atoms with Gasteiger partial charge in [-0.1, -0.05) is 12.1 Å². The van der Waals surface area contributed by atoms with Crippen molar-refractivity contribution in [1.82, 2.24) is 0 Å². The average Bonchev–Trinajstić information content (AvgIpc) is 3.08. The lowest BCUT2D eigenvalue weighted by Crippen LogP contribution is -2.12. The van der Waals surface area contributed by atoms with E-state index in [1.54, 1.807) is 36.4 Å². The van der Waals surface area contributed by atoms with Gasteiger partial charge in [-0.05, 0) is 55.5 Å². The van der Waals surface area contributed by atoms with Crippen molar-refractivity contribution in [1.29, 1.82) is 0 Å². The molecule has 0 radical (unpaired) electrons. The number of furan rings is 1. The van der Waals surface area contributed by atoms with E-state index in [0.717, 1.165) is 0 Å². The van der Waals surface area contributed by atoms with Crippen LogP contribution >= 0.6 is 0 Å². The second-order valence-electron chi connectivity index (χ2n) is 5.05. The van der Waals surface area contributed by atoms with Gasteiger partial charge >= 0.3 is 0 Å². The maximum atomic E-state index is 13.0. The minimum Gasteiger partial charge on any atom is -0.492 e. The summed E-state index contributed by atoms with van der Waals surface area (Å²) in [6, 6.07) is 16.3. The molecule has 1 amide bonds. The number of hydrogen-bond acceptors (Lipinski definition) is 3. The number of hydrogen-bond donors (Lipinski definition) is 1. The predicted octanol–water partition coefficient (Wildman–Crippen LogP) is 4.74. The van der Waals surface area contributed by atoms with Gasteiger partial charge in [-0.2, -0.15) is 0 Å². The van der Waals surface area contributed by atoms with Gasteiger partial charge in [0.05, 0.1) is 12.3 Å². The molecule has 0 saturated heterocycles. The van der Waals surface area contributed by atoms with Crippen molar-refractivity contribution in [3.63, 3.8) is 0 Å². The lowest BCUT2D eigenvalue weighted by atomic mass is 10.2. The van der Waals surface area contributed by atoms with Gasteiger partial charge in [0.25, 0.3) is 5.91 Å². The summed E-state index contributed by atoms with van der Waals surface area (Å²) in [6.45, 7) is 2.38. The number of ether oxygens (including phenoxy) is 1. The van der Waals surface area contributed by atoms with E-state index in [0.29, 0.717) is 29.4 Å². The molecule has 3 rings (SSSR count). The number of para-hydroxylation sites is 2. The molecule has 0 fully saturated rings. The quantitative estimate of drug-likeness (QED) is 0.737. The summed E-state index contributed by atoms with van der Waals surface area (Å²) >= 11 is 0. The third kappa shape index (κ3) is 3.46. The van der Waals surface area contributed by atoms with Crippen LogP contribution in [0.4, 0.5) is 10.1 Å². The van der Waals surface area contributed by atoms with E-state index < -0.39 is 0 Å². The fourth-order valence-corrected chi connectivity index (χ4v) is 2.26. The lowest BCUT2D eigenvalue weighted by molar-refractivity contribution is 0.0997. The van der Waals surface area contributed by atoms with E-state index in [4.69, 9.17) is 9.15 Å². The second-order valence-corrected chi connectivity index (χ2v) is 5.05. The van der Waals surface area contributed by atoms with E-state index in [1.165, 1.54) is 12.1 Å². The fourth-order valence-electron chi connectivity index (χ4n) is 2.26. The van der Waals surface area contributed by atoms with Crippen molar-refractivity contribution in [2.24, 2.45) is 0 Å². The van der Waals surface area contributed by atoms with Crippen LogP contribution in [0.15, 0.2) is 65.1 Å². The lowest BCUT2D eigenvalue weighted by Gasteiger charge is -2.10. The minimum absolute atomic E-state index is 0.167. The Labute approximate surface area is 138 Å². The number of benzene rings is 2. The first-order valence-corrected chi connectivity index (χ1v) is 7.56. The number of carbonyl (C=O) groups is 1. The minimum atomic E-state index is -0.379. The van der Waals surface area contributed by atoms with Crippen molar-refractivity contribution in [3.05, 3.63) is 72.2 Å². The fraction of sp³-hybridized carbons (Fsp3) is 0.105. The highest BCUT2D eigenvalue weighted by Crippen LogP contribution is 2.26. The van der Waals surface area contributed by atoms with Crippen molar-refractivity contribution < 1.29 is 18.3 Å². The highest BCUT2D eigenvalue weighted by molar-refractivity contribution is 6.03. The number of amides is 1. The topological polar surface area (TPSA) is 51.5 Å². The smallest absolute Gasteiger partial charge is 0.291 e. The summed E-state index contributed by atoms with van der Waals surface area (Å²) in [5, 5.41) is 2.77. The Morgan fingerprint density at radius 2 is 1.83 bits per heavy atom. The van der Waals surface area contributed by atoms with Crippen LogP contribution in [0, 0.1) is 5.82 Å². The van der Waals surface area contributed by atoms with E-state index in [-0.39, 0.29) is 17.5 Å². The first-order valence-electron chi connectivity index (χ1n) is 7.56. The highest BCUT2D eigenvalue weighted by atomic mass is 19.1. The Morgan fingerprint density at radius 3 is 2.58 bits per heavy atom. The van der Waals surface area contributed by atoms with Gasteiger partial charge in [0, 0.05) is 5.56 Å². The van der Waals surface area contributed by atoms with Crippen LogP contribution < -0.4 is 10.1 Å². The summed E-state index contributed by atoms with van der Waals surface area (Å²) in [5.41, 5.74) is 1.27. The molecular formula is C19H16FNO3. The van der Waals surface area contributed by atoms with Gasteiger partial charge in [0.2, 0.25) is 0 Å². The van der Waals surface area contributed by atoms with Crippen LogP contribution in [0.25, 0.3) is 11.3 Å². The molecule has 1 aromatic heterocycles. The molecular weight excluding hydrogens is 309 g/mol. The largest absolute Gasteiger partial charge is 0.492 e. The second kappa shape index (κ2) is 7.00. The first kappa shape index (κ1) is 15.8. The summed E-state index contributed by atoms with van der Waals surface area (Å²) in [4.78, 5) is 12.3. The molecule has 0 saturated carbocycles. The molecule has 0 aliphatic heterocycles. The third-order valence-electron chi connectivity index (χ3n) is 3.39. The maximum absolute atomic E-state index is 13.0. The van der Waals surface area contributed by atoms with Crippen LogP contribution in [0.3, 0.4) is 0 Å². The molecule has 1 heterocycles. The van der Waals surface area contributed by atoms with E-state index in [9.17, 15) is 9.18 Å². The Balaban J connectivity index is 1.78. The molecule has 3 aromatic rings. The maximum Gasteiger partial charge on any atom is 0.291 e. The van der Waals surface area contributed by atoms with Gasteiger partial charge in [0.15, 0.2) is 5.76 Å². The molecule has 24 heavy (non-hydrogen) atoms. The molecule has 2 aromatic carbocycles. The number of halogens is 1. The zero-order chi connectivity index (χ0) is 16.9. The van der Waals surface area contributed by atoms with Crippen LogP contribution in [-0.2, 0) is 0 Å². The van der Waals surface area contributed by atoms with Crippen LogP contribution in [0.5, 0.6) is 5.75 Å². The predicted molar refractivity (Wildman–Crippen MR) is 89.7 cm³/mol. The van der Waals surface area contributed by atoms with Gasteiger partial charge in [-0.25, -0.2) is 4.39 Å². The summed E-state index contributed by atoms with van der Waals surface area (Å²) in [7, 11) is 0. The van der Waals surface area contributed by atoms with Gasteiger partial charge in [0.1, 0.15) is 17.3 Å². The molecule has 0 aliphatic rings. The Hall–Kier alpha value is -3.08. The molecule has 0 spiro atoms. The van der Waals surface area contributed by atoms with E-state index >= 15 is 0 Å². The number of nitrogens with one attached hydrogen (secondary N) is 1. The summed E-state index contributed by atoms with van der Waals surface area (Å²) in [6.07, 6.45) is 0. The molecule has 0 aliphatic carbocycles. The van der Waals surface area contributed by atoms with Crippen molar-refractivity contribution in [2.75, 3.05) is 11.9 Å². The Bertz CT molecular complexity index is 840. The summed E-state index contributed by atoms with van der Waals surface area (Å²) < 4.78 is 24.0. The van der Waals surface area contributed by atoms with E-state index in [2.05, 4.69) is 5.32 Å². The number of anilines is 1. The Kier molecular flexibility index (Phi) is 4.61. The highest BCUT2D eigenvalue weighted by Gasteiger charge is 2.14. The van der Waals surface area contributed by atoms with Gasteiger partial charge < -0.3 is 14.5 Å². The molecule has 122 valence electrons. The molecule has 0 atom stereocenters. The van der Waals surface area contributed by atoms with Crippen molar-refractivity contribution in [3.8, 4) is 17.1 Å². The number of rotatable bonds is 5. The molecule has 4 nitrogen and oxygen atoms in total. The molecule has 0 bridgehead atoms. The average molecular weight is 325 g/mol. The monoisotopic (exact) mass is 325 g/mol. The number of carbonyl (C=O) groups excluding carboxylic acids is 1. The molecule has 1 N–H and O–H groups in total. The van der Waals surface area contributed by atoms with Gasteiger partial charge in [-0.15, -0.1) is 0 Å². The van der Waals surface area contributed by atoms with Crippen molar-refractivity contribution >= 4 is 11.6 Å². The van der Waals surface area contributed by atoms with Crippen LogP contribution in [0.2, 0.25) is 0 Å².